The second-order valence-electron chi connectivity index (χ2n) is 9.48. The average Bonchev–Trinajstić information content (AvgIpc) is 2.85. The van der Waals surface area contributed by atoms with Gasteiger partial charge < -0.3 is 4.74 Å². The number of benzene rings is 4. The van der Waals surface area contributed by atoms with E-state index in [4.69, 9.17) is 4.74 Å². The summed E-state index contributed by atoms with van der Waals surface area (Å²) in [6.45, 7) is 8.33. The number of nitrogens with one attached hydrogen (secondary N) is 1. The number of esters is 1. The molecule has 4 rings (SSSR count). The van der Waals surface area contributed by atoms with E-state index in [0.717, 1.165) is 21.9 Å². The number of hydrazone groups is 1. The molecule has 0 aliphatic heterocycles. The Labute approximate surface area is 205 Å². The minimum atomic E-state index is -0.460. The van der Waals surface area contributed by atoms with E-state index in [1.54, 1.807) is 30.3 Å². The monoisotopic (exact) mass is 464 g/mol. The maximum absolute atomic E-state index is 12.7. The molecule has 1 amide bonds. The van der Waals surface area contributed by atoms with Crippen LogP contribution in [-0.2, 0) is 5.41 Å². The summed E-state index contributed by atoms with van der Waals surface area (Å²) in [5.74, 6) is -0.417. The summed E-state index contributed by atoms with van der Waals surface area (Å²) in [7, 11) is 0. The van der Waals surface area contributed by atoms with E-state index in [2.05, 4.69) is 31.3 Å². The fourth-order valence-corrected chi connectivity index (χ4v) is 3.69. The van der Waals surface area contributed by atoms with Gasteiger partial charge in [0.25, 0.3) is 5.91 Å². The number of carbonyl (C=O) groups excluding carboxylic acids is 2. The van der Waals surface area contributed by atoms with Gasteiger partial charge in [0.1, 0.15) is 5.75 Å². The highest BCUT2D eigenvalue weighted by atomic mass is 16.5. The smallest absolute Gasteiger partial charge is 0.343 e. The normalized spacial score (nSPS) is 11.5. The zero-order valence-corrected chi connectivity index (χ0v) is 20.3. The minimum Gasteiger partial charge on any atom is -0.422 e. The maximum Gasteiger partial charge on any atom is 0.343 e. The maximum atomic E-state index is 12.7. The molecule has 0 aromatic heterocycles. The van der Waals surface area contributed by atoms with Crippen LogP contribution >= 0.6 is 0 Å². The number of hydrogen-bond acceptors (Lipinski definition) is 4. The molecule has 0 saturated heterocycles. The first kappa shape index (κ1) is 23.9. The Kier molecular flexibility index (Phi) is 6.78. The summed E-state index contributed by atoms with van der Waals surface area (Å²) in [5.41, 5.74) is 6.37. The molecule has 0 atom stereocenters. The molecule has 5 nitrogen and oxygen atoms in total. The average molecular weight is 465 g/mol. The summed E-state index contributed by atoms with van der Waals surface area (Å²) in [4.78, 5) is 25.4. The largest absolute Gasteiger partial charge is 0.422 e. The Bertz CT molecular complexity index is 1400. The number of fused-ring (bicyclic) bond motifs is 1. The Balaban J connectivity index is 1.58. The molecule has 0 aliphatic rings. The van der Waals surface area contributed by atoms with Crippen LogP contribution in [0, 0.1) is 6.92 Å². The molecular weight excluding hydrogens is 436 g/mol. The van der Waals surface area contributed by atoms with Gasteiger partial charge in [-0.05, 0) is 59.0 Å². The van der Waals surface area contributed by atoms with Gasteiger partial charge in [-0.2, -0.15) is 5.10 Å². The van der Waals surface area contributed by atoms with Crippen LogP contribution in [0.5, 0.6) is 5.75 Å². The highest BCUT2D eigenvalue weighted by Gasteiger charge is 2.15. The molecule has 0 fully saturated rings. The van der Waals surface area contributed by atoms with E-state index in [-0.39, 0.29) is 11.3 Å². The summed E-state index contributed by atoms with van der Waals surface area (Å²) < 4.78 is 5.72. The van der Waals surface area contributed by atoms with Gasteiger partial charge in [-0.15, -0.1) is 0 Å². The Morgan fingerprint density at radius 2 is 1.49 bits per heavy atom. The Hall–Kier alpha value is -4.25. The van der Waals surface area contributed by atoms with Crippen molar-refractivity contribution in [1.29, 1.82) is 0 Å². The SMILES string of the molecule is Cc1ccc(C(=O)Oc2ccc3ccccc3c2/C=N\NC(=O)c2ccc(C(C)(C)C)cc2)cc1. The van der Waals surface area contributed by atoms with Crippen molar-refractivity contribution in [2.75, 3.05) is 0 Å². The summed E-state index contributed by atoms with van der Waals surface area (Å²) >= 11 is 0. The molecule has 5 heteroatoms. The van der Waals surface area contributed by atoms with Gasteiger partial charge in [0.2, 0.25) is 0 Å². The Morgan fingerprint density at radius 1 is 0.829 bits per heavy atom. The molecule has 0 heterocycles. The Morgan fingerprint density at radius 3 is 2.17 bits per heavy atom. The first-order valence-corrected chi connectivity index (χ1v) is 11.5. The number of aryl methyl sites for hydroxylation is 1. The van der Waals surface area contributed by atoms with E-state index in [1.807, 2.05) is 61.5 Å². The molecule has 35 heavy (non-hydrogen) atoms. The number of ether oxygens (including phenoxy) is 1. The molecule has 176 valence electrons. The topological polar surface area (TPSA) is 67.8 Å². The predicted octanol–water partition coefficient (Wildman–Crippen LogP) is 6.43. The van der Waals surface area contributed by atoms with Crippen molar-refractivity contribution in [3.63, 3.8) is 0 Å². The van der Waals surface area contributed by atoms with Gasteiger partial charge in [0, 0.05) is 11.1 Å². The van der Waals surface area contributed by atoms with Crippen LogP contribution in [0.1, 0.15) is 58.2 Å². The van der Waals surface area contributed by atoms with Crippen LogP contribution < -0.4 is 10.2 Å². The van der Waals surface area contributed by atoms with Crippen molar-refractivity contribution < 1.29 is 14.3 Å². The number of amides is 1. The van der Waals surface area contributed by atoms with E-state index in [0.29, 0.717) is 22.4 Å². The summed E-state index contributed by atoms with van der Waals surface area (Å²) in [6.07, 6.45) is 1.52. The number of rotatable bonds is 5. The van der Waals surface area contributed by atoms with Crippen LogP contribution in [0.3, 0.4) is 0 Å². The molecule has 0 unspecified atom stereocenters. The lowest BCUT2D eigenvalue weighted by Crippen LogP contribution is -2.18. The highest BCUT2D eigenvalue weighted by molar-refractivity contribution is 6.04. The number of nitrogens with zero attached hydrogens (tertiary/aromatic N) is 1. The van der Waals surface area contributed by atoms with Gasteiger partial charge in [0.15, 0.2) is 0 Å². The van der Waals surface area contributed by atoms with Crippen molar-refractivity contribution in [2.45, 2.75) is 33.1 Å². The number of carbonyl (C=O) groups is 2. The molecular formula is C30H28N2O3. The van der Waals surface area contributed by atoms with Crippen LogP contribution in [0.2, 0.25) is 0 Å². The third-order valence-electron chi connectivity index (χ3n) is 5.79. The van der Waals surface area contributed by atoms with Gasteiger partial charge in [0.05, 0.1) is 11.8 Å². The zero-order valence-electron chi connectivity index (χ0n) is 20.3. The summed E-state index contributed by atoms with van der Waals surface area (Å²) in [5, 5.41) is 6.00. The second kappa shape index (κ2) is 9.94. The molecule has 4 aromatic carbocycles. The molecule has 0 spiro atoms. The highest BCUT2D eigenvalue weighted by Crippen LogP contribution is 2.27. The van der Waals surface area contributed by atoms with Crippen molar-refractivity contribution in [1.82, 2.24) is 5.43 Å². The quantitative estimate of drug-likeness (QED) is 0.160. The fourth-order valence-electron chi connectivity index (χ4n) is 3.69. The van der Waals surface area contributed by atoms with E-state index in [9.17, 15) is 9.59 Å². The first-order chi connectivity index (χ1) is 16.7. The second-order valence-corrected chi connectivity index (χ2v) is 9.48. The third-order valence-corrected chi connectivity index (χ3v) is 5.79. The van der Waals surface area contributed by atoms with Crippen molar-refractivity contribution in [3.8, 4) is 5.75 Å². The van der Waals surface area contributed by atoms with Gasteiger partial charge >= 0.3 is 5.97 Å². The van der Waals surface area contributed by atoms with Gasteiger partial charge in [-0.3, -0.25) is 4.79 Å². The van der Waals surface area contributed by atoms with Crippen molar-refractivity contribution >= 4 is 28.9 Å². The van der Waals surface area contributed by atoms with Crippen LogP contribution in [0.15, 0.2) is 90.0 Å². The van der Waals surface area contributed by atoms with Gasteiger partial charge in [-0.25, -0.2) is 10.2 Å². The van der Waals surface area contributed by atoms with E-state index in [1.165, 1.54) is 6.21 Å². The molecule has 4 aromatic rings. The number of hydrogen-bond donors (Lipinski definition) is 1. The minimum absolute atomic E-state index is 0.00788. The fraction of sp³-hybridized carbons (Fsp3) is 0.167. The molecule has 0 aliphatic carbocycles. The van der Waals surface area contributed by atoms with E-state index >= 15 is 0 Å². The molecule has 1 N–H and O–H groups in total. The zero-order chi connectivity index (χ0) is 25.0. The van der Waals surface area contributed by atoms with Crippen LogP contribution in [-0.4, -0.2) is 18.1 Å². The molecule has 0 bridgehead atoms. The standard InChI is InChI=1S/C30H28N2O3/c1-20-9-11-23(12-10-20)29(34)35-27-18-15-21-7-5-6-8-25(21)26(27)19-31-32-28(33)22-13-16-24(17-14-22)30(2,3)4/h5-19H,1-4H3,(H,32,33)/b31-19-. The van der Waals surface area contributed by atoms with E-state index < -0.39 is 5.97 Å². The first-order valence-electron chi connectivity index (χ1n) is 11.5. The molecule has 0 radical (unpaired) electrons. The molecule has 0 saturated carbocycles. The summed E-state index contributed by atoms with van der Waals surface area (Å²) in [6, 6.07) is 26.0. The van der Waals surface area contributed by atoms with Crippen molar-refractivity contribution in [2.24, 2.45) is 5.10 Å². The lowest BCUT2D eigenvalue weighted by atomic mass is 9.87. The van der Waals surface area contributed by atoms with Crippen LogP contribution in [0.4, 0.5) is 0 Å². The van der Waals surface area contributed by atoms with Crippen LogP contribution in [0.25, 0.3) is 10.8 Å². The van der Waals surface area contributed by atoms with Gasteiger partial charge in [-0.1, -0.05) is 80.9 Å². The predicted molar refractivity (Wildman–Crippen MR) is 140 cm³/mol. The lowest BCUT2D eigenvalue weighted by molar-refractivity contribution is 0.0734. The third kappa shape index (κ3) is 5.64. The lowest BCUT2D eigenvalue weighted by Gasteiger charge is -2.18. The van der Waals surface area contributed by atoms with Crippen molar-refractivity contribution in [3.05, 3.63) is 113 Å².